The van der Waals surface area contributed by atoms with E-state index < -0.39 is 15.9 Å². The maximum absolute atomic E-state index is 12.7. The lowest BCUT2D eigenvalue weighted by atomic mass is 10.1. The zero-order valence-corrected chi connectivity index (χ0v) is 19.1. The number of nitrogens with one attached hydrogen (secondary N) is 2. The standard InChI is InChI=1S/C23H27N3O6S/c1-31-19-5-2-4-18(13-19)26-15-16(12-22(26)27)23(28)25-17-7-9-21(10-8-17)33(29,30)24-14-20-6-3-11-32-20/h2,4-5,7-10,13,16,20,24H,3,6,11-12,14-15H2,1H3,(H,25,28)/t16-,20+/m0/s1. The molecule has 0 aliphatic carbocycles. The Bertz CT molecular complexity index is 1110. The molecule has 2 heterocycles. The second-order valence-electron chi connectivity index (χ2n) is 8.11. The van der Waals surface area contributed by atoms with Gasteiger partial charge in [-0.05, 0) is 49.2 Å². The molecule has 2 fully saturated rings. The number of nitrogens with zero attached hydrogens (tertiary/aromatic N) is 1. The summed E-state index contributed by atoms with van der Waals surface area (Å²) in [6, 6.07) is 13.1. The van der Waals surface area contributed by atoms with Crippen molar-refractivity contribution in [2.75, 3.05) is 37.0 Å². The number of rotatable bonds is 8. The molecule has 2 aromatic rings. The first-order valence-corrected chi connectivity index (χ1v) is 12.3. The van der Waals surface area contributed by atoms with E-state index in [1.807, 2.05) is 0 Å². The average molecular weight is 474 g/mol. The van der Waals surface area contributed by atoms with Gasteiger partial charge in [-0.2, -0.15) is 0 Å². The van der Waals surface area contributed by atoms with Gasteiger partial charge in [-0.25, -0.2) is 13.1 Å². The van der Waals surface area contributed by atoms with E-state index in [0.29, 0.717) is 23.7 Å². The van der Waals surface area contributed by atoms with Crippen LogP contribution in [0.5, 0.6) is 5.75 Å². The molecule has 0 bridgehead atoms. The molecule has 2 aliphatic rings. The molecule has 2 aromatic carbocycles. The van der Waals surface area contributed by atoms with Crippen molar-refractivity contribution in [2.24, 2.45) is 5.92 Å². The quantitative estimate of drug-likeness (QED) is 0.607. The number of anilines is 2. The number of methoxy groups -OCH3 is 1. The van der Waals surface area contributed by atoms with Crippen LogP contribution >= 0.6 is 0 Å². The molecule has 2 N–H and O–H groups in total. The van der Waals surface area contributed by atoms with Crippen molar-refractivity contribution < 1.29 is 27.5 Å². The van der Waals surface area contributed by atoms with Crippen molar-refractivity contribution >= 4 is 33.2 Å². The third kappa shape index (κ3) is 5.52. The van der Waals surface area contributed by atoms with Gasteiger partial charge in [0, 0.05) is 43.6 Å². The third-order valence-electron chi connectivity index (χ3n) is 5.82. The molecular weight excluding hydrogens is 446 g/mol. The Labute approximate surface area is 193 Å². The topological polar surface area (TPSA) is 114 Å². The summed E-state index contributed by atoms with van der Waals surface area (Å²) in [7, 11) is -2.11. The largest absolute Gasteiger partial charge is 0.497 e. The Morgan fingerprint density at radius 2 is 2.00 bits per heavy atom. The van der Waals surface area contributed by atoms with Crippen LogP contribution in [0.3, 0.4) is 0 Å². The minimum absolute atomic E-state index is 0.0935. The number of benzene rings is 2. The highest BCUT2D eigenvalue weighted by molar-refractivity contribution is 7.89. The molecule has 0 saturated carbocycles. The SMILES string of the molecule is COc1cccc(N2C[C@@H](C(=O)Nc3ccc(S(=O)(=O)NC[C@H]4CCCO4)cc3)CC2=O)c1. The number of hydrogen-bond acceptors (Lipinski definition) is 6. The molecule has 33 heavy (non-hydrogen) atoms. The number of ether oxygens (including phenoxy) is 2. The van der Waals surface area contributed by atoms with E-state index in [0.717, 1.165) is 12.8 Å². The average Bonchev–Trinajstić information content (AvgIpc) is 3.48. The molecule has 176 valence electrons. The highest BCUT2D eigenvalue weighted by atomic mass is 32.2. The van der Waals surface area contributed by atoms with Crippen molar-refractivity contribution in [1.82, 2.24) is 4.72 Å². The fourth-order valence-corrected chi connectivity index (χ4v) is 5.03. The third-order valence-corrected chi connectivity index (χ3v) is 7.26. The predicted molar refractivity (Wildman–Crippen MR) is 123 cm³/mol. The maximum Gasteiger partial charge on any atom is 0.240 e. The first-order chi connectivity index (χ1) is 15.9. The second-order valence-corrected chi connectivity index (χ2v) is 9.87. The van der Waals surface area contributed by atoms with Gasteiger partial charge < -0.3 is 19.7 Å². The fourth-order valence-electron chi connectivity index (χ4n) is 3.96. The zero-order chi connectivity index (χ0) is 23.4. The van der Waals surface area contributed by atoms with Gasteiger partial charge >= 0.3 is 0 Å². The van der Waals surface area contributed by atoms with Gasteiger partial charge in [0.2, 0.25) is 21.8 Å². The summed E-state index contributed by atoms with van der Waals surface area (Å²) in [5.74, 6) is -0.309. The number of amides is 2. The van der Waals surface area contributed by atoms with Crippen molar-refractivity contribution in [3.8, 4) is 5.75 Å². The van der Waals surface area contributed by atoms with Gasteiger partial charge in [0.25, 0.3) is 0 Å². The van der Waals surface area contributed by atoms with Crippen LogP contribution in [0.1, 0.15) is 19.3 Å². The minimum Gasteiger partial charge on any atom is -0.497 e. The summed E-state index contributed by atoms with van der Waals surface area (Å²) in [4.78, 5) is 26.9. The van der Waals surface area contributed by atoms with Crippen LogP contribution in [-0.2, 0) is 24.3 Å². The summed E-state index contributed by atoms with van der Waals surface area (Å²) in [5, 5.41) is 2.78. The van der Waals surface area contributed by atoms with E-state index in [1.165, 1.54) is 24.3 Å². The Kier molecular flexibility index (Phi) is 6.96. The van der Waals surface area contributed by atoms with Crippen LogP contribution in [0.2, 0.25) is 0 Å². The highest BCUT2D eigenvalue weighted by Gasteiger charge is 2.35. The van der Waals surface area contributed by atoms with E-state index >= 15 is 0 Å². The van der Waals surface area contributed by atoms with E-state index in [-0.39, 0.29) is 42.3 Å². The summed E-state index contributed by atoms with van der Waals surface area (Å²) >= 11 is 0. The summed E-state index contributed by atoms with van der Waals surface area (Å²) in [5.41, 5.74) is 1.14. The van der Waals surface area contributed by atoms with Gasteiger partial charge in [0.15, 0.2) is 0 Å². The maximum atomic E-state index is 12.7. The second kappa shape index (κ2) is 9.90. The summed E-state index contributed by atoms with van der Waals surface area (Å²) in [6.07, 6.45) is 1.78. The smallest absolute Gasteiger partial charge is 0.240 e. The first-order valence-electron chi connectivity index (χ1n) is 10.8. The number of carbonyl (C=O) groups excluding carboxylic acids is 2. The molecule has 2 amide bonds. The van der Waals surface area contributed by atoms with Crippen molar-refractivity contribution in [1.29, 1.82) is 0 Å². The summed E-state index contributed by atoms with van der Waals surface area (Å²) in [6.45, 7) is 1.16. The molecule has 0 unspecified atom stereocenters. The molecule has 4 rings (SSSR count). The molecule has 9 nitrogen and oxygen atoms in total. The van der Waals surface area contributed by atoms with E-state index in [1.54, 1.807) is 36.3 Å². The molecule has 2 atom stereocenters. The van der Waals surface area contributed by atoms with Crippen molar-refractivity contribution in [3.63, 3.8) is 0 Å². The lowest BCUT2D eigenvalue weighted by Gasteiger charge is -2.17. The normalized spacial score (nSPS) is 20.8. The predicted octanol–water partition coefficient (Wildman–Crippen LogP) is 2.14. The van der Waals surface area contributed by atoms with Crippen LogP contribution in [0.25, 0.3) is 0 Å². The van der Waals surface area contributed by atoms with Crippen LogP contribution in [0.15, 0.2) is 53.4 Å². The van der Waals surface area contributed by atoms with E-state index in [9.17, 15) is 18.0 Å². The van der Waals surface area contributed by atoms with Crippen molar-refractivity contribution in [3.05, 3.63) is 48.5 Å². The van der Waals surface area contributed by atoms with Crippen LogP contribution in [0, 0.1) is 5.92 Å². The molecule has 2 aliphatic heterocycles. The number of hydrogen-bond donors (Lipinski definition) is 2. The molecule has 0 aromatic heterocycles. The molecule has 0 spiro atoms. The minimum atomic E-state index is -3.66. The number of carbonyl (C=O) groups is 2. The lowest BCUT2D eigenvalue weighted by molar-refractivity contribution is -0.122. The summed E-state index contributed by atoms with van der Waals surface area (Å²) < 4.78 is 38.2. The van der Waals surface area contributed by atoms with Gasteiger partial charge in [-0.15, -0.1) is 0 Å². The Hall–Kier alpha value is -2.95. The molecule has 10 heteroatoms. The molecular formula is C23H27N3O6S. The Morgan fingerprint density at radius 1 is 1.21 bits per heavy atom. The van der Waals surface area contributed by atoms with Crippen LogP contribution in [0.4, 0.5) is 11.4 Å². The highest BCUT2D eigenvalue weighted by Crippen LogP contribution is 2.28. The monoisotopic (exact) mass is 473 g/mol. The number of sulfonamides is 1. The van der Waals surface area contributed by atoms with Crippen molar-refractivity contribution in [2.45, 2.75) is 30.3 Å². The first kappa shape index (κ1) is 23.2. The van der Waals surface area contributed by atoms with Gasteiger partial charge in [-0.1, -0.05) is 6.07 Å². The molecule has 2 saturated heterocycles. The van der Waals surface area contributed by atoms with Crippen LogP contribution in [-0.4, -0.2) is 53.1 Å². The Morgan fingerprint density at radius 3 is 2.70 bits per heavy atom. The van der Waals surface area contributed by atoms with Gasteiger partial charge in [0.1, 0.15) is 5.75 Å². The van der Waals surface area contributed by atoms with E-state index in [4.69, 9.17) is 9.47 Å². The fraction of sp³-hybridized carbons (Fsp3) is 0.391. The van der Waals surface area contributed by atoms with E-state index in [2.05, 4.69) is 10.0 Å². The Balaban J connectivity index is 1.35. The zero-order valence-electron chi connectivity index (χ0n) is 18.3. The van der Waals surface area contributed by atoms with Gasteiger partial charge in [0.05, 0.1) is 24.0 Å². The van der Waals surface area contributed by atoms with Gasteiger partial charge in [-0.3, -0.25) is 9.59 Å². The molecule has 0 radical (unpaired) electrons. The van der Waals surface area contributed by atoms with Crippen LogP contribution < -0.4 is 19.7 Å². The lowest BCUT2D eigenvalue weighted by Crippen LogP contribution is -2.31.